The maximum absolute atomic E-state index is 12.4. The van der Waals surface area contributed by atoms with E-state index in [1.165, 1.54) is 20.1 Å². The van der Waals surface area contributed by atoms with E-state index in [1.807, 2.05) is 0 Å². The van der Waals surface area contributed by atoms with Crippen LogP contribution in [0.15, 0.2) is 66.7 Å². The topological polar surface area (TPSA) is 71.1 Å². The minimum absolute atomic E-state index is 0.248. The van der Waals surface area contributed by atoms with Gasteiger partial charge in [0.25, 0.3) is 0 Å². The van der Waals surface area contributed by atoms with Crippen LogP contribution in [-0.4, -0.2) is 59.8 Å². The first-order valence-corrected chi connectivity index (χ1v) is 14.6. The molecule has 0 unspecified atom stereocenters. The molecule has 166 valence electrons. The third-order valence-corrected chi connectivity index (χ3v) is 8.82. The van der Waals surface area contributed by atoms with Crippen molar-refractivity contribution in [1.82, 2.24) is 15.6 Å². The SMILES string of the molecule is Cc1ccc([Se]CCNC(=O)c2cccc(C(=O)NCC[Se]c3ccc(C)cc3)n2)cc1. The van der Waals surface area contributed by atoms with Crippen LogP contribution in [0.1, 0.15) is 32.1 Å². The van der Waals surface area contributed by atoms with Gasteiger partial charge < -0.3 is 0 Å². The van der Waals surface area contributed by atoms with Crippen molar-refractivity contribution >= 4 is 50.7 Å². The van der Waals surface area contributed by atoms with E-state index in [9.17, 15) is 9.59 Å². The summed E-state index contributed by atoms with van der Waals surface area (Å²) in [6.07, 6.45) is 0. The molecule has 0 saturated heterocycles. The van der Waals surface area contributed by atoms with Gasteiger partial charge in [-0.25, -0.2) is 0 Å². The molecular weight excluding hydrogens is 532 g/mol. The van der Waals surface area contributed by atoms with Crippen molar-refractivity contribution in [2.24, 2.45) is 0 Å². The Bertz CT molecular complexity index is 957. The van der Waals surface area contributed by atoms with E-state index in [4.69, 9.17) is 0 Å². The van der Waals surface area contributed by atoms with Crippen LogP contribution in [0.2, 0.25) is 10.6 Å². The van der Waals surface area contributed by atoms with Crippen molar-refractivity contribution in [3.8, 4) is 0 Å². The molecule has 0 spiro atoms. The van der Waals surface area contributed by atoms with Crippen molar-refractivity contribution < 1.29 is 9.59 Å². The van der Waals surface area contributed by atoms with Crippen LogP contribution in [-0.2, 0) is 0 Å². The molecule has 5 nitrogen and oxygen atoms in total. The van der Waals surface area contributed by atoms with Crippen LogP contribution < -0.4 is 19.6 Å². The number of hydrogen-bond acceptors (Lipinski definition) is 3. The third-order valence-electron chi connectivity index (χ3n) is 4.57. The zero-order chi connectivity index (χ0) is 22.8. The molecule has 0 bridgehead atoms. The predicted octanol–water partition coefficient (Wildman–Crippen LogP) is 2.05. The van der Waals surface area contributed by atoms with Crippen LogP contribution in [0.3, 0.4) is 0 Å². The summed E-state index contributed by atoms with van der Waals surface area (Å²) in [7, 11) is 0. The zero-order valence-electron chi connectivity index (χ0n) is 18.3. The molecule has 2 aromatic carbocycles. The van der Waals surface area contributed by atoms with Gasteiger partial charge in [-0.2, -0.15) is 0 Å². The summed E-state index contributed by atoms with van der Waals surface area (Å²) < 4.78 is 2.63. The van der Waals surface area contributed by atoms with E-state index >= 15 is 0 Å². The molecule has 0 aliphatic carbocycles. The minimum atomic E-state index is -0.248. The fraction of sp³-hybridized carbons (Fsp3) is 0.240. The van der Waals surface area contributed by atoms with Gasteiger partial charge in [-0.05, 0) is 0 Å². The molecule has 7 heteroatoms. The number of pyridine rings is 1. The molecule has 3 aromatic rings. The number of aromatic nitrogens is 1. The van der Waals surface area contributed by atoms with Crippen LogP contribution in [0, 0.1) is 13.8 Å². The van der Waals surface area contributed by atoms with Crippen molar-refractivity contribution in [2.45, 2.75) is 24.5 Å². The first-order chi connectivity index (χ1) is 15.5. The Hall–Kier alpha value is -2.43. The van der Waals surface area contributed by atoms with Gasteiger partial charge in [-0.15, -0.1) is 0 Å². The summed E-state index contributed by atoms with van der Waals surface area (Å²) in [5.74, 6) is -0.496. The fourth-order valence-corrected chi connectivity index (χ4v) is 6.03. The summed E-state index contributed by atoms with van der Waals surface area (Å²) >= 11 is 0.631. The molecular formula is C25H27N3O2Se2. The van der Waals surface area contributed by atoms with Crippen LogP contribution in [0.4, 0.5) is 0 Å². The summed E-state index contributed by atoms with van der Waals surface area (Å²) in [4.78, 5) is 29.1. The van der Waals surface area contributed by atoms with E-state index in [1.54, 1.807) is 18.2 Å². The average Bonchev–Trinajstić information content (AvgIpc) is 2.81. The number of carbonyl (C=O) groups excluding carboxylic acids is 2. The number of carbonyl (C=O) groups is 2. The summed E-state index contributed by atoms with van der Waals surface area (Å²) in [5.41, 5.74) is 3.04. The van der Waals surface area contributed by atoms with Gasteiger partial charge in [0.15, 0.2) is 0 Å². The maximum atomic E-state index is 12.4. The summed E-state index contributed by atoms with van der Waals surface area (Å²) in [6.45, 7) is 5.33. The first kappa shape index (κ1) is 24.2. The quantitative estimate of drug-likeness (QED) is 0.295. The van der Waals surface area contributed by atoms with Crippen LogP contribution in [0.5, 0.6) is 0 Å². The van der Waals surface area contributed by atoms with Gasteiger partial charge in [0.1, 0.15) is 0 Å². The van der Waals surface area contributed by atoms with Gasteiger partial charge >= 0.3 is 203 Å². The molecule has 0 atom stereocenters. The van der Waals surface area contributed by atoms with Gasteiger partial charge in [0.2, 0.25) is 0 Å². The molecule has 2 N–H and O–H groups in total. The fourth-order valence-electron chi connectivity index (χ4n) is 2.80. The predicted molar refractivity (Wildman–Crippen MR) is 132 cm³/mol. The summed E-state index contributed by atoms with van der Waals surface area (Å²) in [6, 6.07) is 22.0. The number of benzene rings is 2. The molecule has 1 heterocycles. The number of nitrogens with one attached hydrogen (secondary N) is 2. The molecule has 1 aromatic heterocycles. The summed E-state index contributed by atoms with van der Waals surface area (Å²) in [5, 5.41) is 7.63. The molecule has 0 saturated carbocycles. The van der Waals surface area contributed by atoms with Crippen molar-refractivity contribution in [3.63, 3.8) is 0 Å². The van der Waals surface area contributed by atoms with E-state index < -0.39 is 0 Å². The third kappa shape index (κ3) is 7.92. The standard InChI is InChI=1S/C25H27N3O2Se2/c1-18-6-10-20(11-7-18)31-16-14-26-24(29)22-4-3-5-23(28-22)25(30)27-15-17-32-21-12-8-19(2)9-13-21/h3-13H,14-17H2,1-2H3,(H,26,29)(H,27,30). The van der Waals surface area contributed by atoms with E-state index in [0.29, 0.717) is 43.0 Å². The van der Waals surface area contributed by atoms with Crippen molar-refractivity contribution in [2.75, 3.05) is 13.1 Å². The molecule has 0 aliphatic rings. The van der Waals surface area contributed by atoms with Crippen LogP contribution in [0.25, 0.3) is 0 Å². The second-order valence-electron chi connectivity index (χ2n) is 7.24. The number of rotatable bonds is 10. The van der Waals surface area contributed by atoms with Gasteiger partial charge in [-0.3, -0.25) is 0 Å². The molecule has 0 aliphatic heterocycles. The monoisotopic (exact) mass is 561 g/mol. The number of aryl methyl sites for hydroxylation is 2. The van der Waals surface area contributed by atoms with Gasteiger partial charge in [-0.1, -0.05) is 0 Å². The van der Waals surface area contributed by atoms with Crippen LogP contribution >= 0.6 is 0 Å². The molecule has 0 fully saturated rings. The van der Waals surface area contributed by atoms with Gasteiger partial charge in [0, 0.05) is 0 Å². The Morgan fingerprint density at radius 2 is 1.09 bits per heavy atom. The van der Waals surface area contributed by atoms with E-state index in [0.717, 1.165) is 10.6 Å². The Balaban J connectivity index is 1.40. The second-order valence-corrected chi connectivity index (χ2v) is 12.1. The van der Waals surface area contributed by atoms with Crippen molar-refractivity contribution in [3.05, 3.63) is 89.2 Å². The number of hydrogen-bond donors (Lipinski definition) is 2. The molecule has 3 rings (SSSR count). The Morgan fingerprint density at radius 1 is 0.688 bits per heavy atom. The average molecular weight is 559 g/mol. The molecule has 32 heavy (non-hydrogen) atoms. The number of amides is 2. The second kappa shape index (κ2) is 12.6. The first-order valence-electron chi connectivity index (χ1n) is 10.4. The van der Waals surface area contributed by atoms with Gasteiger partial charge in [0.05, 0.1) is 0 Å². The normalized spacial score (nSPS) is 10.6. The number of nitrogens with zero attached hydrogens (tertiary/aromatic N) is 1. The van der Waals surface area contributed by atoms with E-state index in [-0.39, 0.29) is 23.2 Å². The van der Waals surface area contributed by atoms with E-state index in [2.05, 4.69) is 78.0 Å². The Labute approximate surface area is 202 Å². The Morgan fingerprint density at radius 3 is 1.50 bits per heavy atom. The van der Waals surface area contributed by atoms with Crippen molar-refractivity contribution in [1.29, 1.82) is 0 Å². The molecule has 0 radical (unpaired) electrons. The Kier molecular flexibility index (Phi) is 9.51. The molecule has 2 amide bonds. The zero-order valence-corrected chi connectivity index (χ0v) is 21.7.